The molecule has 2 aromatic rings. The van der Waals surface area contributed by atoms with Crippen LogP contribution in [0.4, 0.5) is 5.82 Å². The first-order chi connectivity index (χ1) is 12.3. The van der Waals surface area contributed by atoms with Crippen LogP contribution in [0.15, 0.2) is 36.4 Å². The highest BCUT2D eigenvalue weighted by Gasteiger charge is 2.14. The predicted octanol–water partition coefficient (Wildman–Crippen LogP) is 2.45. The van der Waals surface area contributed by atoms with E-state index in [1.54, 1.807) is 13.2 Å². The third-order valence-electron chi connectivity index (χ3n) is 4.44. The number of piperidine rings is 1. The number of nitrogens with zero attached hydrogens (tertiary/aromatic N) is 3. The fourth-order valence-corrected chi connectivity index (χ4v) is 3.05. The molecule has 1 amide bonds. The van der Waals surface area contributed by atoms with Crippen LogP contribution in [0.2, 0.25) is 0 Å². The van der Waals surface area contributed by atoms with E-state index in [1.165, 1.54) is 19.3 Å². The average molecular weight is 340 g/mol. The van der Waals surface area contributed by atoms with E-state index in [-0.39, 0.29) is 5.91 Å². The van der Waals surface area contributed by atoms with E-state index in [9.17, 15) is 4.79 Å². The summed E-state index contributed by atoms with van der Waals surface area (Å²) >= 11 is 0. The smallest absolute Gasteiger partial charge is 0.271 e. The second kappa shape index (κ2) is 8.46. The summed E-state index contributed by atoms with van der Waals surface area (Å²) in [4.78, 5) is 14.4. The Morgan fingerprint density at radius 3 is 2.64 bits per heavy atom. The zero-order valence-corrected chi connectivity index (χ0v) is 14.6. The number of para-hydroxylation sites is 1. The van der Waals surface area contributed by atoms with Gasteiger partial charge in [-0.2, -0.15) is 0 Å². The molecule has 0 saturated carbocycles. The summed E-state index contributed by atoms with van der Waals surface area (Å²) in [5.41, 5.74) is 1.41. The maximum Gasteiger partial charge on any atom is 0.271 e. The van der Waals surface area contributed by atoms with Gasteiger partial charge in [-0.15, -0.1) is 10.2 Å². The van der Waals surface area contributed by atoms with Crippen LogP contribution in [-0.2, 0) is 6.42 Å². The number of methoxy groups -OCH3 is 1. The van der Waals surface area contributed by atoms with E-state index in [0.717, 1.165) is 30.2 Å². The maximum absolute atomic E-state index is 12.2. The Morgan fingerprint density at radius 2 is 1.92 bits per heavy atom. The number of ether oxygens (including phenoxy) is 1. The van der Waals surface area contributed by atoms with Gasteiger partial charge in [0.1, 0.15) is 5.75 Å². The van der Waals surface area contributed by atoms with Crippen LogP contribution in [0, 0.1) is 0 Å². The van der Waals surface area contributed by atoms with Crippen LogP contribution in [0.25, 0.3) is 0 Å². The molecule has 0 atom stereocenters. The van der Waals surface area contributed by atoms with Gasteiger partial charge in [-0.05, 0) is 49.4 Å². The zero-order valence-electron chi connectivity index (χ0n) is 14.6. The number of aromatic nitrogens is 2. The number of benzene rings is 1. The lowest BCUT2D eigenvalue weighted by Gasteiger charge is -2.27. The van der Waals surface area contributed by atoms with Gasteiger partial charge in [0.25, 0.3) is 5.91 Å². The minimum Gasteiger partial charge on any atom is -0.496 e. The molecule has 0 aliphatic carbocycles. The summed E-state index contributed by atoms with van der Waals surface area (Å²) in [5, 5.41) is 11.2. The SMILES string of the molecule is COc1ccccc1CCNC(=O)c1ccc(N2CCCCC2)nn1. The highest BCUT2D eigenvalue weighted by atomic mass is 16.5. The first kappa shape index (κ1) is 17.2. The first-order valence-corrected chi connectivity index (χ1v) is 8.76. The van der Waals surface area contributed by atoms with Crippen molar-refractivity contribution >= 4 is 11.7 Å². The largest absolute Gasteiger partial charge is 0.496 e. The predicted molar refractivity (Wildman–Crippen MR) is 97.1 cm³/mol. The van der Waals surface area contributed by atoms with E-state index in [2.05, 4.69) is 20.4 Å². The summed E-state index contributed by atoms with van der Waals surface area (Å²) < 4.78 is 5.32. The molecule has 25 heavy (non-hydrogen) atoms. The van der Waals surface area contributed by atoms with Crippen molar-refractivity contribution in [3.05, 3.63) is 47.7 Å². The van der Waals surface area contributed by atoms with E-state index in [1.807, 2.05) is 30.3 Å². The third kappa shape index (κ3) is 4.47. The number of rotatable bonds is 6. The molecule has 1 fully saturated rings. The Hall–Kier alpha value is -2.63. The number of carbonyl (C=O) groups excluding carboxylic acids is 1. The molecule has 0 spiro atoms. The molecule has 3 rings (SSSR count). The van der Waals surface area contributed by atoms with E-state index in [4.69, 9.17) is 4.74 Å². The van der Waals surface area contributed by atoms with Gasteiger partial charge >= 0.3 is 0 Å². The highest BCUT2D eigenvalue weighted by Crippen LogP contribution is 2.18. The summed E-state index contributed by atoms with van der Waals surface area (Å²) in [6.45, 7) is 2.55. The van der Waals surface area contributed by atoms with Gasteiger partial charge in [0, 0.05) is 19.6 Å². The normalized spacial score (nSPS) is 14.2. The molecule has 1 aliphatic heterocycles. The van der Waals surface area contributed by atoms with E-state index in [0.29, 0.717) is 18.7 Å². The molecule has 6 heteroatoms. The van der Waals surface area contributed by atoms with Crippen molar-refractivity contribution in [2.45, 2.75) is 25.7 Å². The molecule has 2 heterocycles. The van der Waals surface area contributed by atoms with Crippen molar-refractivity contribution in [2.24, 2.45) is 0 Å². The summed E-state index contributed by atoms with van der Waals surface area (Å²) in [6, 6.07) is 11.4. The van der Waals surface area contributed by atoms with Crippen molar-refractivity contribution in [1.29, 1.82) is 0 Å². The molecule has 1 saturated heterocycles. The minimum absolute atomic E-state index is 0.201. The molecular weight excluding hydrogens is 316 g/mol. The van der Waals surface area contributed by atoms with Crippen molar-refractivity contribution < 1.29 is 9.53 Å². The van der Waals surface area contributed by atoms with Crippen LogP contribution >= 0.6 is 0 Å². The van der Waals surface area contributed by atoms with E-state index >= 15 is 0 Å². The van der Waals surface area contributed by atoms with Crippen LogP contribution in [-0.4, -0.2) is 42.8 Å². The van der Waals surface area contributed by atoms with Gasteiger partial charge < -0.3 is 15.0 Å². The van der Waals surface area contributed by atoms with Crippen molar-refractivity contribution in [3.8, 4) is 5.75 Å². The minimum atomic E-state index is -0.201. The van der Waals surface area contributed by atoms with Crippen molar-refractivity contribution in [1.82, 2.24) is 15.5 Å². The lowest BCUT2D eigenvalue weighted by molar-refractivity contribution is 0.0948. The fraction of sp³-hybridized carbons (Fsp3) is 0.421. The Balaban J connectivity index is 1.52. The fourth-order valence-electron chi connectivity index (χ4n) is 3.05. The lowest BCUT2D eigenvalue weighted by atomic mass is 10.1. The molecule has 0 radical (unpaired) electrons. The van der Waals surface area contributed by atoms with Gasteiger partial charge in [-0.25, -0.2) is 0 Å². The summed E-state index contributed by atoms with van der Waals surface area (Å²) in [5.74, 6) is 1.49. The number of carbonyl (C=O) groups is 1. The number of hydrogen-bond acceptors (Lipinski definition) is 5. The van der Waals surface area contributed by atoms with E-state index < -0.39 is 0 Å². The van der Waals surface area contributed by atoms with Gasteiger partial charge in [-0.3, -0.25) is 4.79 Å². The standard InChI is InChI=1S/C19H24N4O2/c1-25-17-8-4-3-7-15(17)11-12-20-19(24)16-9-10-18(22-21-16)23-13-5-2-6-14-23/h3-4,7-10H,2,5-6,11-14H2,1H3,(H,20,24). The molecule has 1 aliphatic rings. The van der Waals surface area contributed by atoms with Gasteiger partial charge in [0.05, 0.1) is 7.11 Å². The monoisotopic (exact) mass is 340 g/mol. The Labute approximate surface area is 148 Å². The summed E-state index contributed by atoms with van der Waals surface area (Å²) in [6.07, 6.45) is 4.35. The Kier molecular flexibility index (Phi) is 5.82. The Bertz CT molecular complexity index is 697. The molecule has 0 bridgehead atoms. The van der Waals surface area contributed by atoms with Crippen LogP contribution in [0.1, 0.15) is 35.3 Å². The third-order valence-corrected chi connectivity index (χ3v) is 4.44. The van der Waals surface area contributed by atoms with Crippen molar-refractivity contribution in [2.75, 3.05) is 31.6 Å². The van der Waals surface area contributed by atoms with Crippen LogP contribution < -0.4 is 15.0 Å². The van der Waals surface area contributed by atoms with Crippen LogP contribution in [0.5, 0.6) is 5.75 Å². The lowest BCUT2D eigenvalue weighted by Crippen LogP contribution is -2.31. The average Bonchev–Trinajstić information content (AvgIpc) is 2.69. The van der Waals surface area contributed by atoms with Crippen LogP contribution in [0.3, 0.4) is 0 Å². The molecular formula is C19H24N4O2. The molecule has 1 N–H and O–H groups in total. The second-order valence-electron chi connectivity index (χ2n) is 6.14. The topological polar surface area (TPSA) is 67.3 Å². The quantitative estimate of drug-likeness (QED) is 0.875. The van der Waals surface area contributed by atoms with Gasteiger partial charge in [0.15, 0.2) is 11.5 Å². The first-order valence-electron chi connectivity index (χ1n) is 8.76. The highest BCUT2D eigenvalue weighted by molar-refractivity contribution is 5.92. The molecule has 0 unspecified atom stereocenters. The second-order valence-corrected chi connectivity index (χ2v) is 6.14. The maximum atomic E-state index is 12.2. The number of anilines is 1. The van der Waals surface area contributed by atoms with Crippen molar-refractivity contribution in [3.63, 3.8) is 0 Å². The number of nitrogens with one attached hydrogen (secondary N) is 1. The molecule has 1 aromatic carbocycles. The van der Waals surface area contributed by atoms with Gasteiger partial charge in [0.2, 0.25) is 0 Å². The summed E-state index contributed by atoms with van der Waals surface area (Å²) in [7, 11) is 1.65. The Morgan fingerprint density at radius 1 is 1.12 bits per heavy atom. The number of amides is 1. The molecule has 1 aromatic heterocycles. The number of hydrogen-bond donors (Lipinski definition) is 1. The molecule has 132 valence electrons. The van der Waals surface area contributed by atoms with Gasteiger partial charge in [-0.1, -0.05) is 18.2 Å². The molecule has 6 nitrogen and oxygen atoms in total. The zero-order chi connectivity index (χ0) is 17.5.